The molecule has 1 aliphatic rings. The lowest BCUT2D eigenvalue weighted by atomic mass is 9.85. The molecule has 0 amide bonds. The van der Waals surface area contributed by atoms with E-state index in [4.69, 9.17) is 0 Å². The third-order valence-electron chi connectivity index (χ3n) is 5.10. The van der Waals surface area contributed by atoms with Crippen molar-refractivity contribution in [3.63, 3.8) is 0 Å². The van der Waals surface area contributed by atoms with Crippen LogP contribution in [0.1, 0.15) is 57.4 Å². The van der Waals surface area contributed by atoms with Crippen LogP contribution in [0.5, 0.6) is 0 Å². The molecule has 2 rings (SSSR count). The first kappa shape index (κ1) is 25.0. The number of nitrogens with zero attached hydrogens (tertiary/aromatic N) is 1. The second kappa shape index (κ2) is 12.5. The second-order valence-corrected chi connectivity index (χ2v) is 9.33. The molecule has 0 saturated heterocycles. The maximum absolute atomic E-state index is 11.5. The zero-order valence-corrected chi connectivity index (χ0v) is 20.3. The molecule has 3 N–H and O–H groups in total. The molecular formula is C20H35IN4O2S. The molecule has 1 aromatic carbocycles. The highest BCUT2D eigenvalue weighted by Gasteiger charge is 2.15. The van der Waals surface area contributed by atoms with Crippen LogP contribution < -0.4 is 15.4 Å². The molecular weight excluding hydrogens is 487 g/mol. The lowest BCUT2D eigenvalue weighted by molar-refractivity contribution is 0.322. The smallest absolute Gasteiger partial charge is 0.229 e. The van der Waals surface area contributed by atoms with Crippen molar-refractivity contribution < 1.29 is 8.42 Å². The van der Waals surface area contributed by atoms with Gasteiger partial charge in [-0.25, -0.2) is 8.42 Å². The fraction of sp³-hybridized carbons (Fsp3) is 0.650. The number of anilines is 1. The lowest BCUT2D eigenvalue weighted by Crippen LogP contribution is -2.42. The Labute approximate surface area is 187 Å². The predicted octanol–water partition coefficient (Wildman–Crippen LogP) is 4.09. The number of hydrogen-bond donors (Lipinski definition) is 3. The molecule has 0 aromatic heterocycles. The van der Waals surface area contributed by atoms with Gasteiger partial charge in [0.05, 0.1) is 11.9 Å². The van der Waals surface area contributed by atoms with Crippen LogP contribution in [-0.2, 0) is 16.6 Å². The van der Waals surface area contributed by atoms with Gasteiger partial charge in [-0.2, -0.15) is 0 Å². The standard InChI is InChI=1S/C20H34N4O2S.HI/c1-16(13-14-17-9-5-4-6-10-17)23-20(21-2)22-15-18-11-7-8-12-19(18)24-27(3,25)26;/h7-8,11-12,16-17,24H,4-6,9-10,13-15H2,1-3H3,(H2,21,22,23);1H. The molecule has 1 unspecified atom stereocenters. The van der Waals surface area contributed by atoms with Crippen LogP contribution >= 0.6 is 24.0 Å². The zero-order chi connectivity index (χ0) is 19.7. The fourth-order valence-corrected chi connectivity index (χ4v) is 4.21. The molecule has 0 aliphatic heterocycles. The van der Waals surface area contributed by atoms with Crippen LogP contribution in [0.3, 0.4) is 0 Å². The highest BCUT2D eigenvalue weighted by atomic mass is 127. The molecule has 1 aromatic rings. The normalized spacial score (nSPS) is 16.8. The monoisotopic (exact) mass is 522 g/mol. The number of para-hydroxylation sites is 1. The van der Waals surface area contributed by atoms with Gasteiger partial charge in [-0.15, -0.1) is 24.0 Å². The first-order chi connectivity index (χ1) is 12.9. The fourth-order valence-electron chi connectivity index (χ4n) is 3.61. The second-order valence-electron chi connectivity index (χ2n) is 7.58. The Morgan fingerprint density at radius 1 is 1.21 bits per heavy atom. The molecule has 6 nitrogen and oxygen atoms in total. The molecule has 0 radical (unpaired) electrons. The first-order valence-corrected chi connectivity index (χ1v) is 11.8. The number of sulfonamides is 1. The molecule has 0 heterocycles. The van der Waals surface area contributed by atoms with Gasteiger partial charge in [-0.3, -0.25) is 9.71 Å². The summed E-state index contributed by atoms with van der Waals surface area (Å²) < 4.78 is 25.6. The summed E-state index contributed by atoms with van der Waals surface area (Å²) in [5, 5.41) is 6.73. The predicted molar refractivity (Wildman–Crippen MR) is 129 cm³/mol. The number of nitrogens with one attached hydrogen (secondary N) is 3. The summed E-state index contributed by atoms with van der Waals surface area (Å²) in [4.78, 5) is 4.30. The molecule has 1 saturated carbocycles. The van der Waals surface area contributed by atoms with Crippen molar-refractivity contribution in [1.29, 1.82) is 0 Å². The number of halogens is 1. The Morgan fingerprint density at radius 2 is 1.89 bits per heavy atom. The van der Waals surface area contributed by atoms with Crippen LogP contribution in [0, 0.1) is 5.92 Å². The average molecular weight is 522 g/mol. The van der Waals surface area contributed by atoms with E-state index in [1.807, 2.05) is 18.2 Å². The van der Waals surface area contributed by atoms with Gasteiger partial charge in [0.15, 0.2) is 5.96 Å². The van der Waals surface area contributed by atoms with Crippen molar-refractivity contribution in [3.05, 3.63) is 29.8 Å². The number of benzene rings is 1. The molecule has 0 bridgehead atoms. The van der Waals surface area contributed by atoms with E-state index in [0.29, 0.717) is 18.3 Å². The highest BCUT2D eigenvalue weighted by Crippen LogP contribution is 2.27. The Bertz CT molecular complexity index is 719. The number of guanidine groups is 1. The van der Waals surface area contributed by atoms with Gasteiger partial charge in [0.1, 0.15) is 0 Å². The molecule has 1 atom stereocenters. The van der Waals surface area contributed by atoms with E-state index in [2.05, 4.69) is 27.3 Å². The van der Waals surface area contributed by atoms with Crippen molar-refractivity contribution in [2.45, 2.75) is 64.5 Å². The number of hydrogen-bond acceptors (Lipinski definition) is 3. The summed E-state index contributed by atoms with van der Waals surface area (Å²) in [5.74, 6) is 1.62. The van der Waals surface area contributed by atoms with Gasteiger partial charge in [0, 0.05) is 19.6 Å². The van der Waals surface area contributed by atoms with E-state index in [1.54, 1.807) is 13.1 Å². The summed E-state index contributed by atoms with van der Waals surface area (Å²) >= 11 is 0. The van der Waals surface area contributed by atoms with Crippen molar-refractivity contribution >= 4 is 45.6 Å². The summed E-state index contributed by atoms with van der Waals surface area (Å²) in [5.41, 5.74) is 1.47. The van der Waals surface area contributed by atoms with Crippen LogP contribution in [0.15, 0.2) is 29.3 Å². The van der Waals surface area contributed by atoms with Crippen molar-refractivity contribution in [3.8, 4) is 0 Å². The van der Waals surface area contributed by atoms with Gasteiger partial charge < -0.3 is 10.6 Å². The summed E-state index contributed by atoms with van der Waals surface area (Å²) in [7, 11) is -1.55. The van der Waals surface area contributed by atoms with Gasteiger partial charge in [0.2, 0.25) is 10.0 Å². The molecule has 160 valence electrons. The zero-order valence-electron chi connectivity index (χ0n) is 17.2. The Balaban J connectivity index is 0.00000392. The molecule has 8 heteroatoms. The Kier molecular flexibility index (Phi) is 11.2. The minimum absolute atomic E-state index is 0. The number of rotatable bonds is 8. The molecule has 1 aliphatic carbocycles. The number of aliphatic imine (C=N–C) groups is 1. The maximum Gasteiger partial charge on any atom is 0.229 e. The Morgan fingerprint density at radius 3 is 2.54 bits per heavy atom. The van der Waals surface area contributed by atoms with Crippen molar-refractivity contribution in [1.82, 2.24) is 10.6 Å². The van der Waals surface area contributed by atoms with E-state index in [-0.39, 0.29) is 24.0 Å². The maximum atomic E-state index is 11.5. The minimum atomic E-state index is -3.30. The van der Waals surface area contributed by atoms with E-state index in [9.17, 15) is 8.42 Å². The Hall–Kier alpha value is -1.03. The van der Waals surface area contributed by atoms with E-state index in [1.165, 1.54) is 38.5 Å². The van der Waals surface area contributed by atoms with Crippen LogP contribution in [0.25, 0.3) is 0 Å². The van der Waals surface area contributed by atoms with Gasteiger partial charge >= 0.3 is 0 Å². The summed E-state index contributed by atoms with van der Waals surface area (Å²) in [6, 6.07) is 7.73. The largest absolute Gasteiger partial charge is 0.354 e. The SMILES string of the molecule is CN=C(NCc1ccccc1NS(C)(=O)=O)NC(C)CCC1CCCCC1.I. The van der Waals surface area contributed by atoms with Crippen LogP contribution in [0.4, 0.5) is 5.69 Å². The van der Waals surface area contributed by atoms with Crippen molar-refractivity contribution in [2.24, 2.45) is 10.9 Å². The van der Waals surface area contributed by atoms with Crippen LogP contribution in [0.2, 0.25) is 0 Å². The van der Waals surface area contributed by atoms with E-state index in [0.717, 1.165) is 30.1 Å². The third-order valence-corrected chi connectivity index (χ3v) is 5.69. The molecule has 0 spiro atoms. The molecule has 1 fully saturated rings. The van der Waals surface area contributed by atoms with E-state index >= 15 is 0 Å². The van der Waals surface area contributed by atoms with Gasteiger partial charge in [0.25, 0.3) is 0 Å². The quantitative estimate of drug-likeness (QED) is 0.273. The summed E-state index contributed by atoms with van der Waals surface area (Å²) in [6.45, 7) is 2.68. The van der Waals surface area contributed by atoms with E-state index < -0.39 is 10.0 Å². The lowest BCUT2D eigenvalue weighted by Gasteiger charge is -2.24. The van der Waals surface area contributed by atoms with Crippen molar-refractivity contribution in [2.75, 3.05) is 18.0 Å². The van der Waals surface area contributed by atoms with Gasteiger partial charge in [-0.05, 0) is 37.3 Å². The van der Waals surface area contributed by atoms with Crippen LogP contribution in [-0.4, -0.2) is 33.7 Å². The minimum Gasteiger partial charge on any atom is -0.354 e. The highest BCUT2D eigenvalue weighted by molar-refractivity contribution is 14.0. The molecule has 28 heavy (non-hydrogen) atoms. The third kappa shape index (κ3) is 9.45. The average Bonchev–Trinajstić information content (AvgIpc) is 2.64. The van der Waals surface area contributed by atoms with Gasteiger partial charge in [-0.1, -0.05) is 50.3 Å². The first-order valence-electron chi connectivity index (χ1n) is 9.90. The summed E-state index contributed by atoms with van der Waals surface area (Å²) in [6.07, 6.45) is 10.5. The topological polar surface area (TPSA) is 82.6 Å².